The van der Waals surface area contributed by atoms with Crippen molar-refractivity contribution in [3.05, 3.63) is 51.7 Å². The Labute approximate surface area is 133 Å². The first kappa shape index (κ1) is 15.7. The summed E-state index contributed by atoms with van der Waals surface area (Å²) >= 11 is 7.74. The number of hydrogen-bond acceptors (Lipinski definition) is 3. The van der Waals surface area contributed by atoms with E-state index in [4.69, 9.17) is 16.3 Å². The number of nitrogens with zero attached hydrogens (tertiary/aromatic N) is 1. The fraction of sp³-hybridized carbons (Fsp3) is 0.267. The normalized spacial score (nSPS) is 11.2. The van der Waals surface area contributed by atoms with E-state index < -0.39 is 0 Å². The van der Waals surface area contributed by atoms with Crippen molar-refractivity contribution in [2.45, 2.75) is 6.54 Å². The molecule has 0 spiro atoms. The molecule has 0 aliphatic rings. The van der Waals surface area contributed by atoms with Crippen molar-refractivity contribution in [1.82, 2.24) is 10.6 Å². The highest BCUT2D eigenvalue weighted by Gasteiger charge is 2.01. The molecule has 1 heterocycles. The largest absolute Gasteiger partial charge is 0.490 e. The molecule has 0 unspecified atom stereocenters. The highest BCUT2D eigenvalue weighted by atomic mass is 35.5. The number of halogens is 1. The van der Waals surface area contributed by atoms with Gasteiger partial charge in [-0.15, -0.1) is 11.3 Å². The average Bonchev–Trinajstić information content (AvgIpc) is 3.01. The van der Waals surface area contributed by atoms with Gasteiger partial charge in [0, 0.05) is 11.9 Å². The van der Waals surface area contributed by atoms with Crippen molar-refractivity contribution in [2.24, 2.45) is 4.99 Å². The van der Waals surface area contributed by atoms with Crippen molar-refractivity contribution in [3.63, 3.8) is 0 Å². The second-order valence-corrected chi connectivity index (χ2v) is 5.65. The number of aliphatic imine (C=N–C) groups is 1. The molecule has 0 atom stereocenters. The molecule has 0 aliphatic carbocycles. The predicted molar refractivity (Wildman–Crippen MR) is 89.5 cm³/mol. The van der Waals surface area contributed by atoms with Gasteiger partial charge in [0.2, 0.25) is 0 Å². The standard InChI is InChI=1S/C15H18ClN3OS/c1-17-15(19-11-12-5-4-10-21-12)18-8-9-20-14-7-3-2-6-13(14)16/h2-7,10H,8-9,11H2,1H3,(H2,17,18,19). The van der Waals surface area contributed by atoms with Crippen molar-refractivity contribution < 1.29 is 4.74 Å². The van der Waals surface area contributed by atoms with Crippen LogP contribution in [0.15, 0.2) is 46.8 Å². The maximum Gasteiger partial charge on any atom is 0.191 e. The molecule has 0 radical (unpaired) electrons. The molecule has 1 aromatic heterocycles. The maximum atomic E-state index is 6.02. The lowest BCUT2D eigenvalue weighted by molar-refractivity contribution is 0.322. The number of hydrogen-bond donors (Lipinski definition) is 2. The molecule has 0 saturated carbocycles. The first-order valence-electron chi connectivity index (χ1n) is 6.64. The molecule has 1 aromatic carbocycles. The third-order valence-electron chi connectivity index (χ3n) is 2.72. The molecule has 2 aromatic rings. The summed E-state index contributed by atoms with van der Waals surface area (Å²) in [6, 6.07) is 11.6. The van der Waals surface area contributed by atoms with Gasteiger partial charge in [-0.05, 0) is 23.6 Å². The fourth-order valence-corrected chi connectivity index (χ4v) is 2.53. The van der Waals surface area contributed by atoms with Crippen LogP contribution in [0.3, 0.4) is 0 Å². The number of thiophene rings is 1. The first-order valence-corrected chi connectivity index (χ1v) is 7.89. The van der Waals surface area contributed by atoms with Gasteiger partial charge in [-0.1, -0.05) is 29.8 Å². The van der Waals surface area contributed by atoms with Crippen LogP contribution in [-0.2, 0) is 6.54 Å². The van der Waals surface area contributed by atoms with E-state index in [1.165, 1.54) is 4.88 Å². The summed E-state index contributed by atoms with van der Waals surface area (Å²) in [4.78, 5) is 5.44. The van der Waals surface area contributed by atoms with E-state index in [0.29, 0.717) is 23.9 Å². The summed E-state index contributed by atoms with van der Waals surface area (Å²) in [5, 5.41) is 9.13. The highest BCUT2D eigenvalue weighted by Crippen LogP contribution is 2.22. The third-order valence-corrected chi connectivity index (χ3v) is 3.91. The van der Waals surface area contributed by atoms with Gasteiger partial charge in [0.25, 0.3) is 0 Å². The van der Waals surface area contributed by atoms with E-state index >= 15 is 0 Å². The lowest BCUT2D eigenvalue weighted by Gasteiger charge is -2.12. The Bertz CT molecular complexity index is 572. The Balaban J connectivity index is 1.68. The number of ether oxygens (including phenoxy) is 1. The summed E-state index contributed by atoms with van der Waals surface area (Å²) < 4.78 is 5.61. The number of para-hydroxylation sites is 1. The second kappa shape index (κ2) is 8.54. The summed E-state index contributed by atoms with van der Waals surface area (Å²) in [6.45, 7) is 1.93. The zero-order valence-electron chi connectivity index (χ0n) is 11.8. The van der Waals surface area contributed by atoms with Crippen LogP contribution in [0, 0.1) is 0 Å². The first-order chi connectivity index (χ1) is 10.3. The molecule has 0 fully saturated rings. The molecule has 0 bridgehead atoms. The number of benzene rings is 1. The quantitative estimate of drug-likeness (QED) is 0.487. The Kier molecular flexibility index (Phi) is 6.37. The average molecular weight is 324 g/mol. The van der Waals surface area contributed by atoms with Gasteiger partial charge in [-0.25, -0.2) is 0 Å². The Morgan fingerprint density at radius 3 is 2.81 bits per heavy atom. The zero-order chi connectivity index (χ0) is 14.9. The highest BCUT2D eigenvalue weighted by molar-refractivity contribution is 7.09. The topological polar surface area (TPSA) is 45.7 Å². The Morgan fingerprint density at radius 1 is 1.24 bits per heavy atom. The van der Waals surface area contributed by atoms with Gasteiger partial charge in [-0.2, -0.15) is 0 Å². The van der Waals surface area contributed by atoms with E-state index in [9.17, 15) is 0 Å². The zero-order valence-corrected chi connectivity index (χ0v) is 13.4. The van der Waals surface area contributed by atoms with E-state index in [2.05, 4.69) is 27.1 Å². The Morgan fingerprint density at radius 2 is 2.10 bits per heavy atom. The van der Waals surface area contributed by atoms with Gasteiger partial charge >= 0.3 is 0 Å². The molecule has 0 amide bonds. The maximum absolute atomic E-state index is 6.02. The fourth-order valence-electron chi connectivity index (χ4n) is 1.70. The molecule has 4 nitrogen and oxygen atoms in total. The van der Waals surface area contributed by atoms with Gasteiger partial charge in [-0.3, -0.25) is 4.99 Å². The minimum Gasteiger partial charge on any atom is -0.490 e. The summed E-state index contributed by atoms with van der Waals surface area (Å²) in [7, 11) is 1.75. The molecule has 2 N–H and O–H groups in total. The van der Waals surface area contributed by atoms with E-state index in [0.717, 1.165) is 12.5 Å². The molecular formula is C15H18ClN3OS. The van der Waals surface area contributed by atoms with Crippen LogP contribution in [0.2, 0.25) is 5.02 Å². The molecule has 0 saturated heterocycles. The minimum atomic E-state index is 0.517. The van der Waals surface area contributed by atoms with Gasteiger partial charge < -0.3 is 15.4 Å². The molecule has 112 valence electrons. The minimum absolute atomic E-state index is 0.517. The second-order valence-electron chi connectivity index (χ2n) is 4.21. The molecule has 2 rings (SSSR count). The van der Waals surface area contributed by atoms with Crippen molar-refractivity contribution in [1.29, 1.82) is 0 Å². The van der Waals surface area contributed by atoms with Crippen LogP contribution in [0.1, 0.15) is 4.88 Å². The lowest BCUT2D eigenvalue weighted by Crippen LogP contribution is -2.38. The van der Waals surface area contributed by atoms with Gasteiger partial charge in [0.15, 0.2) is 5.96 Å². The van der Waals surface area contributed by atoms with Crippen molar-refractivity contribution >= 4 is 28.9 Å². The van der Waals surface area contributed by atoms with Crippen LogP contribution >= 0.6 is 22.9 Å². The molecular weight excluding hydrogens is 306 g/mol. The van der Waals surface area contributed by atoms with Crippen LogP contribution in [0.4, 0.5) is 0 Å². The van der Waals surface area contributed by atoms with Crippen LogP contribution in [0.5, 0.6) is 5.75 Å². The number of rotatable bonds is 6. The van der Waals surface area contributed by atoms with Crippen LogP contribution in [-0.4, -0.2) is 26.2 Å². The van der Waals surface area contributed by atoms with E-state index in [1.54, 1.807) is 18.4 Å². The molecule has 0 aliphatic heterocycles. The summed E-state index contributed by atoms with van der Waals surface area (Å²) in [6.07, 6.45) is 0. The third kappa shape index (κ3) is 5.28. The van der Waals surface area contributed by atoms with Crippen LogP contribution in [0.25, 0.3) is 0 Å². The summed E-state index contributed by atoms with van der Waals surface area (Å²) in [5.74, 6) is 1.45. The van der Waals surface area contributed by atoms with Gasteiger partial charge in [0.1, 0.15) is 12.4 Å². The molecule has 6 heteroatoms. The summed E-state index contributed by atoms with van der Waals surface area (Å²) in [5.41, 5.74) is 0. The number of guanidine groups is 1. The van der Waals surface area contributed by atoms with E-state index in [1.807, 2.05) is 30.3 Å². The predicted octanol–water partition coefficient (Wildman–Crippen LogP) is 3.15. The molecule has 21 heavy (non-hydrogen) atoms. The van der Waals surface area contributed by atoms with E-state index in [-0.39, 0.29) is 0 Å². The Hall–Kier alpha value is -1.72. The number of nitrogens with one attached hydrogen (secondary N) is 2. The van der Waals surface area contributed by atoms with Crippen molar-refractivity contribution in [3.8, 4) is 5.75 Å². The van der Waals surface area contributed by atoms with Crippen molar-refractivity contribution in [2.75, 3.05) is 20.2 Å². The van der Waals surface area contributed by atoms with Crippen LogP contribution < -0.4 is 15.4 Å². The SMILES string of the molecule is CN=C(NCCOc1ccccc1Cl)NCc1cccs1. The monoisotopic (exact) mass is 323 g/mol. The smallest absolute Gasteiger partial charge is 0.191 e. The van der Waals surface area contributed by atoms with Gasteiger partial charge in [0.05, 0.1) is 18.1 Å². The lowest BCUT2D eigenvalue weighted by atomic mass is 10.3.